The van der Waals surface area contributed by atoms with Crippen LogP contribution in [0.15, 0.2) is 0 Å². The van der Waals surface area contributed by atoms with Gasteiger partial charge in [-0.2, -0.15) is 0 Å². The molecule has 2 amide bonds. The van der Waals surface area contributed by atoms with Crippen LogP contribution in [0.4, 0.5) is 4.79 Å². The molecule has 0 bridgehead atoms. The molecule has 5 heteroatoms. The van der Waals surface area contributed by atoms with Crippen LogP contribution in [0.1, 0.15) is 65.2 Å². The van der Waals surface area contributed by atoms with Gasteiger partial charge < -0.3 is 15.7 Å². The van der Waals surface area contributed by atoms with Crippen molar-refractivity contribution in [2.45, 2.75) is 77.3 Å². The lowest BCUT2D eigenvalue weighted by atomic mass is 9.83. The Bertz CT molecular complexity index is 312. The Balaban J connectivity index is 2.27. The highest BCUT2D eigenvalue weighted by Crippen LogP contribution is 2.27. The van der Waals surface area contributed by atoms with Gasteiger partial charge in [0.1, 0.15) is 0 Å². The summed E-state index contributed by atoms with van der Waals surface area (Å²) in [5.41, 5.74) is 0. The third kappa shape index (κ3) is 6.26. The van der Waals surface area contributed by atoms with Gasteiger partial charge in [0.25, 0.3) is 0 Å². The van der Waals surface area contributed by atoms with Crippen molar-refractivity contribution in [3.63, 3.8) is 0 Å². The molecule has 1 fully saturated rings. The third-order valence-electron chi connectivity index (χ3n) is 4.13. The van der Waals surface area contributed by atoms with Crippen LogP contribution in [0.3, 0.4) is 0 Å². The van der Waals surface area contributed by atoms with Crippen LogP contribution in [-0.4, -0.2) is 29.2 Å². The molecule has 0 radical (unpaired) electrons. The van der Waals surface area contributed by atoms with E-state index < -0.39 is 5.97 Å². The molecule has 1 saturated carbocycles. The predicted molar refractivity (Wildman–Crippen MR) is 78.7 cm³/mol. The van der Waals surface area contributed by atoms with Crippen LogP contribution in [0.25, 0.3) is 0 Å². The van der Waals surface area contributed by atoms with E-state index in [0.29, 0.717) is 6.42 Å². The second kappa shape index (κ2) is 8.82. The molecule has 116 valence electrons. The summed E-state index contributed by atoms with van der Waals surface area (Å²) in [6, 6.07) is -0.272. The highest BCUT2D eigenvalue weighted by atomic mass is 16.4. The van der Waals surface area contributed by atoms with E-state index in [9.17, 15) is 9.59 Å². The van der Waals surface area contributed by atoms with Crippen molar-refractivity contribution in [3.05, 3.63) is 0 Å². The number of hydrogen-bond donors (Lipinski definition) is 3. The minimum atomic E-state index is -0.878. The summed E-state index contributed by atoms with van der Waals surface area (Å²) in [4.78, 5) is 22.5. The normalized spacial score (nSPS) is 23.9. The van der Waals surface area contributed by atoms with E-state index >= 15 is 0 Å². The monoisotopic (exact) mass is 284 g/mol. The molecule has 0 saturated heterocycles. The Morgan fingerprint density at radius 3 is 2.35 bits per heavy atom. The van der Waals surface area contributed by atoms with Gasteiger partial charge in [0.15, 0.2) is 0 Å². The first-order valence-corrected chi connectivity index (χ1v) is 7.83. The number of nitrogens with one attached hydrogen (secondary N) is 2. The van der Waals surface area contributed by atoms with Gasteiger partial charge in [0.2, 0.25) is 0 Å². The van der Waals surface area contributed by atoms with Crippen LogP contribution in [0.5, 0.6) is 0 Å². The van der Waals surface area contributed by atoms with Gasteiger partial charge in [0.05, 0.1) is 6.42 Å². The highest BCUT2D eigenvalue weighted by molar-refractivity contribution is 5.76. The zero-order valence-electron chi connectivity index (χ0n) is 12.7. The molecule has 0 aliphatic heterocycles. The number of rotatable bonds is 7. The number of carboxylic acids is 1. The molecule has 0 aromatic heterocycles. The largest absolute Gasteiger partial charge is 0.481 e. The molecule has 0 aromatic rings. The third-order valence-corrected chi connectivity index (χ3v) is 4.13. The quantitative estimate of drug-likeness (QED) is 0.672. The van der Waals surface area contributed by atoms with E-state index in [-0.39, 0.29) is 24.5 Å². The summed E-state index contributed by atoms with van der Waals surface area (Å²) in [5.74, 6) is -0.0614. The number of urea groups is 1. The first-order valence-electron chi connectivity index (χ1n) is 7.83. The maximum absolute atomic E-state index is 11.9. The van der Waals surface area contributed by atoms with Crippen molar-refractivity contribution in [2.75, 3.05) is 0 Å². The number of carbonyl (C=O) groups excluding carboxylic acids is 1. The lowest BCUT2D eigenvalue weighted by Gasteiger charge is -2.29. The van der Waals surface area contributed by atoms with Gasteiger partial charge in [-0.15, -0.1) is 0 Å². The lowest BCUT2D eigenvalue weighted by molar-refractivity contribution is -0.137. The fourth-order valence-corrected chi connectivity index (χ4v) is 2.92. The van der Waals surface area contributed by atoms with E-state index in [1.54, 1.807) is 0 Å². The zero-order chi connectivity index (χ0) is 15.0. The second-order valence-corrected chi connectivity index (χ2v) is 5.83. The van der Waals surface area contributed by atoms with Gasteiger partial charge in [-0.3, -0.25) is 4.79 Å². The number of hydrogen-bond acceptors (Lipinski definition) is 2. The SMILES string of the molecule is CCCC1CCC(NC(=O)NC(CC)CC(=O)O)CC1. The maximum Gasteiger partial charge on any atom is 0.315 e. The molecule has 3 N–H and O–H groups in total. The zero-order valence-corrected chi connectivity index (χ0v) is 12.7. The van der Waals surface area contributed by atoms with Gasteiger partial charge >= 0.3 is 12.0 Å². The lowest BCUT2D eigenvalue weighted by Crippen LogP contribution is -2.47. The summed E-state index contributed by atoms with van der Waals surface area (Å²) in [7, 11) is 0. The van der Waals surface area contributed by atoms with Crippen LogP contribution >= 0.6 is 0 Å². The summed E-state index contributed by atoms with van der Waals surface area (Å²) in [6.07, 6.45) is 7.57. The molecule has 1 unspecified atom stereocenters. The average molecular weight is 284 g/mol. The van der Waals surface area contributed by atoms with Crippen molar-refractivity contribution in [2.24, 2.45) is 5.92 Å². The molecule has 1 aliphatic carbocycles. The van der Waals surface area contributed by atoms with Gasteiger partial charge in [-0.25, -0.2) is 4.79 Å². The van der Waals surface area contributed by atoms with Crippen molar-refractivity contribution in [3.8, 4) is 0 Å². The topological polar surface area (TPSA) is 78.4 Å². The van der Waals surface area contributed by atoms with Gasteiger partial charge in [0, 0.05) is 12.1 Å². The molecule has 1 aliphatic rings. The summed E-state index contributed by atoms with van der Waals surface area (Å²) in [6.45, 7) is 4.09. The Kier molecular flexibility index (Phi) is 7.41. The number of carboxylic acid groups (broad SMARTS) is 1. The number of amides is 2. The van der Waals surface area contributed by atoms with E-state index in [0.717, 1.165) is 18.8 Å². The van der Waals surface area contributed by atoms with Crippen molar-refractivity contribution in [1.29, 1.82) is 0 Å². The highest BCUT2D eigenvalue weighted by Gasteiger charge is 2.22. The molecule has 0 heterocycles. The van der Waals surface area contributed by atoms with Crippen molar-refractivity contribution >= 4 is 12.0 Å². The maximum atomic E-state index is 11.9. The Labute approximate surface area is 121 Å². The molecule has 0 spiro atoms. The fraction of sp³-hybridized carbons (Fsp3) is 0.867. The van der Waals surface area contributed by atoms with E-state index in [2.05, 4.69) is 17.6 Å². The molecule has 20 heavy (non-hydrogen) atoms. The predicted octanol–water partition coefficient (Wildman–Crippen LogP) is 2.90. The first kappa shape index (κ1) is 16.8. The van der Waals surface area contributed by atoms with Crippen LogP contribution in [-0.2, 0) is 4.79 Å². The standard InChI is InChI=1S/C15H28N2O3/c1-3-5-11-6-8-13(9-7-11)17-15(20)16-12(4-2)10-14(18)19/h11-13H,3-10H2,1-2H3,(H,18,19)(H2,16,17,20). The van der Waals surface area contributed by atoms with Crippen LogP contribution in [0.2, 0.25) is 0 Å². The average Bonchev–Trinajstić information content (AvgIpc) is 2.40. The summed E-state index contributed by atoms with van der Waals surface area (Å²) in [5, 5.41) is 14.5. The van der Waals surface area contributed by atoms with Crippen molar-refractivity contribution < 1.29 is 14.7 Å². The van der Waals surface area contributed by atoms with E-state index in [1.165, 1.54) is 25.7 Å². The Morgan fingerprint density at radius 2 is 1.85 bits per heavy atom. The minimum Gasteiger partial charge on any atom is -0.481 e. The minimum absolute atomic E-state index is 0.0207. The smallest absolute Gasteiger partial charge is 0.315 e. The van der Waals surface area contributed by atoms with Crippen LogP contribution in [0, 0.1) is 5.92 Å². The van der Waals surface area contributed by atoms with E-state index in [1.807, 2.05) is 6.92 Å². The fourth-order valence-electron chi connectivity index (χ4n) is 2.92. The number of carbonyl (C=O) groups is 2. The molecular weight excluding hydrogens is 256 g/mol. The second-order valence-electron chi connectivity index (χ2n) is 5.83. The Morgan fingerprint density at radius 1 is 1.20 bits per heavy atom. The molecular formula is C15H28N2O3. The molecule has 0 aromatic carbocycles. The van der Waals surface area contributed by atoms with Gasteiger partial charge in [-0.05, 0) is 38.0 Å². The molecule has 5 nitrogen and oxygen atoms in total. The van der Waals surface area contributed by atoms with E-state index in [4.69, 9.17) is 5.11 Å². The summed E-state index contributed by atoms with van der Waals surface area (Å²) < 4.78 is 0. The summed E-state index contributed by atoms with van der Waals surface area (Å²) >= 11 is 0. The Hall–Kier alpha value is -1.26. The van der Waals surface area contributed by atoms with Gasteiger partial charge in [-0.1, -0.05) is 26.7 Å². The molecule has 1 atom stereocenters. The first-order chi connectivity index (χ1) is 9.55. The molecule has 1 rings (SSSR count). The number of aliphatic carboxylic acids is 1. The van der Waals surface area contributed by atoms with Crippen LogP contribution < -0.4 is 10.6 Å². The van der Waals surface area contributed by atoms with Crippen molar-refractivity contribution in [1.82, 2.24) is 10.6 Å².